The van der Waals surface area contributed by atoms with Crippen LogP contribution in [0.4, 0.5) is 0 Å². The predicted molar refractivity (Wildman–Crippen MR) is 86.5 cm³/mol. The number of rotatable bonds is 4. The van der Waals surface area contributed by atoms with Gasteiger partial charge in [-0.05, 0) is 12.8 Å². The van der Waals surface area contributed by atoms with Gasteiger partial charge in [0.15, 0.2) is 5.82 Å². The van der Waals surface area contributed by atoms with Crippen molar-refractivity contribution in [2.24, 2.45) is 0 Å². The van der Waals surface area contributed by atoms with Crippen LogP contribution >= 0.6 is 0 Å². The Morgan fingerprint density at radius 3 is 2.43 bits per heavy atom. The zero-order valence-electron chi connectivity index (χ0n) is 13.1. The van der Waals surface area contributed by atoms with Gasteiger partial charge in [0.25, 0.3) is 5.91 Å². The molecule has 1 amide bonds. The number of nitrogens with zero attached hydrogens (tertiary/aromatic N) is 3. The Morgan fingerprint density at radius 2 is 1.83 bits per heavy atom. The van der Waals surface area contributed by atoms with Gasteiger partial charge in [0.05, 0.1) is 11.7 Å². The Morgan fingerprint density at radius 1 is 1.17 bits per heavy atom. The van der Waals surface area contributed by atoms with Gasteiger partial charge < -0.3 is 4.74 Å². The van der Waals surface area contributed by atoms with Crippen LogP contribution < -0.4 is 5.43 Å². The summed E-state index contributed by atoms with van der Waals surface area (Å²) in [6.07, 6.45) is 5.25. The van der Waals surface area contributed by atoms with Crippen molar-refractivity contribution in [2.45, 2.75) is 18.9 Å². The van der Waals surface area contributed by atoms with Crippen molar-refractivity contribution in [1.82, 2.24) is 20.4 Å². The van der Waals surface area contributed by atoms with E-state index in [0.717, 1.165) is 31.5 Å². The molecule has 1 aromatic heterocycles. The van der Waals surface area contributed by atoms with Crippen molar-refractivity contribution in [3.8, 4) is 11.4 Å². The Balaban J connectivity index is 1.60. The second kappa shape index (κ2) is 7.30. The van der Waals surface area contributed by atoms with E-state index < -0.39 is 0 Å². The first-order chi connectivity index (χ1) is 11.3. The summed E-state index contributed by atoms with van der Waals surface area (Å²) >= 11 is 0. The zero-order chi connectivity index (χ0) is 16.1. The summed E-state index contributed by atoms with van der Waals surface area (Å²) in [5, 5.41) is 1.92. The molecular weight excluding hydrogens is 292 g/mol. The molecule has 0 unspecified atom stereocenters. The summed E-state index contributed by atoms with van der Waals surface area (Å²) in [5.74, 6) is 0.434. The molecule has 0 aliphatic carbocycles. The van der Waals surface area contributed by atoms with E-state index in [9.17, 15) is 4.79 Å². The lowest BCUT2D eigenvalue weighted by Crippen LogP contribution is -2.47. The molecule has 0 saturated carbocycles. The van der Waals surface area contributed by atoms with Gasteiger partial charge in [0.1, 0.15) is 0 Å². The van der Waals surface area contributed by atoms with Crippen LogP contribution in [0.2, 0.25) is 0 Å². The first-order valence-electron chi connectivity index (χ1n) is 7.72. The smallest absolute Gasteiger partial charge is 0.268 e. The molecular formula is C17H20N4O2. The SMILES string of the molecule is COC1CCN(NC(=O)c2cnc(-c3ccccc3)nc2)CC1. The normalized spacial score (nSPS) is 16.2. The Bertz CT molecular complexity index is 637. The van der Waals surface area contributed by atoms with E-state index in [-0.39, 0.29) is 12.0 Å². The summed E-state index contributed by atoms with van der Waals surface area (Å²) < 4.78 is 5.32. The minimum absolute atomic E-state index is 0.180. The largest absolute Gasteiger partial charge is 0.381 e. The third-order valence-corrected chi connectivity index (χ3v) is 3.98. The average Bonchev–Trinajstić information content (AvgIpc) is 2.63. The second-order valence-electron chi connectivity index (χ2n) is 5.52. The van der Waals surface area contributed by atoms with Crippen molar-refractivity contribution in [2.75, 3.05) is 20.2 Å². The zero-order valence-corrected chi connectivity index (χ0v) is 13.1. The van der Waals surface area contributed by atoms with Crippen LogP contribution in [0.3, 0.4) is 0 Å². The monoisotopic (exact) mass is 312 g/mol. The van der Waals surface area contributed by atoms with Gasteiger partial charge in [-0.15, -0.1) is 0 Å². The van der Waals surface area contributed by atoms with E-state index in [1.165, 1.54) is 0 Å². The Labute approximate surface area is 135 Å². The topological polar surface area (TPSA) is 67.3 Å². The first-order valence-corrected chi connectivity index (χ1v) is 7.72. The van der Waals surface area contributed by atoms with E-state index in [2.05, 4.69) is 15.4 Å². The standard InChI is InChI=1S/C17H20N4O2/c1-23-15-7-9-21(10-8-15)20-17(22)14-11-18-16(19-12-14)13-5-3-2-4-6-13/h2-6,11-12,15H,7-10H2,1H3,(H,20,22). The fourth-order valence-corrected chi connectivity index (χ4v) is 2.59. The number of aromatic nitrogens is 2. The number of amides is 1. The maximum atomic E-state index is 12.2. The molecule has 120 valence electrons. The lowest BCUT2D eigenvalue weighted by Gasteiger charge is -2.31. The molecule has 2 aromatic rings. The van der Waals surface area contributed by atoms with Crippen LogP contribution in [0.15, 0.2) is 42.7 Å². The van der Waals surface area contributed by atoms with Gasteiger partial charge in [-0.1, -0.05) is 30.3 Å². The average molecular weight is 312 g/mol. The highest BCUT2D eigenvalue weighted by Gasteiger charge is 2.20. The van der Waals surface area contributed by atoms with Gasteiger partial charge in [-0.3, -0.25) is 10.2 Å². The summed E-state index contributed by atoms with van der Waals surface area (Å²) in [5.41, 5.74) is 4.29. The second-order valence-corrected chi connectivity index (χ2v) is 5.52. The highest BCUT2D eigenvalue weighted by atomic mass is 16.5. The van der Waals surface area contributed by atoms with Gasteiger partial charge in [0.2, 0.25) is 0 Å². The number of carbonyl (C=O) groups excluding carboxylic acids is 1. The Hall–Kier alpha value is -2.31. The van der Waals surface area contributed by atoms with Crippen molar-refractivity contribution in [3.05, 3.63) is 48.3 Å². The maximum Gasteiger partial charge on any atom is 0.268 e. The summed E-state index contributed by atoms with van der Waals surface area (Å²) in [6, 6.07) is 9.69. The fraction of sp³-hybridized carbons (Fsp3) is 0.353. The van der Waals surface area contributed by atoms with Gasteiger partial charge in [0, 0.05) is 38.2 Å². The minimum Gasteiger partial charge on any atom is -0.381 e. The van der Waals surface area contributed by atoms with Crippen molar-refractivity contribution in [1.29, 1.82) is 0 Å². The lowest BCUT2D eigenvalue weighted by molar-refractivity contribution is 0.0227. The molecule has 0 bridgehead atoms. The molecule has 3 rings (SSSR count). The van der Waals surface area contributed by atoms with Crippen molar-refractivity contribution in [3.63, 3.8) is 0 Å². The molecule has 1 fully saturated rings. The molecule has 0 spiro atoms. The van der Waals surface area contributed by atoms with Gasteiger partial charge >= 0.3 is 0 Å². The molecule has 2 heterocycles. The number of nitrogens with one attached hydrogen (secondary N) is 1. The lowest BCUT2D eigenvalue weighted by atomic mass is 10.1. The molecule has 1 aliphatic heterocycles. The third kappa shape index (κ3) is 3.91. The molecule has 1 aromatic carbocycles. The van der Waals surface area contributed by atoms with E-state index in [1.807, 2.05) is 35.3 Å². The molecule has 0 atom stereocenters. The summed E-state index contributed by atoms with van der Waals surface area (Å²) in [7, 11) is 1.73. The van der Waals surface area contributed by atoms with E-state index in [1.54, 1.807) is 19.5 Å². The quantitative estimate of drug-likeness (QED) is 0.934. The maximum absolute atomic E-state index is 12.2. The van der Waals surface area contributed by atoms with Crippen molar-refractivity contribution < 1.29 is 9.53 Å². The van der Waals surface area contributed by atoms with Gasteiger partial charge in [-0.2, -0.15) is 0 Å². The van der Waals surface area contributed by atoms with E-state index in [4.69, 9.17) is 4.74 Å². The van der Waals surface area contributed by atoms with Crippen LogP contribution in [0.1, 0.15) is 23.2 Å². The molecule has 0 radical (unpaired) electrons. The molecule has 1 aliphatic rings. The van der Waals surface area contributed by atoms with Crippen LogP contribution in [-0.4, -0.2) is 47.2 Å². The summed E-state index contributed by atoms with van der Waals surface area (Å²) in [6.45, 7) is 1.57. The van der Waals surface area contributed by atoms with E-state index in [0.29, 0.717) is 11.4 Å². The molecule has 1 saturated heterocycles. The van der Waals surface area contributed by atoms with Crippen LogP contribution in [-0.2, 0) is 4.74 Å². The third-order valence-electron chi connectivity index (χ3n) is 3.98. The number of carbonyl (C=O) groups is 1. The Kier molecular flexibility index (Phi) is 4.95. The molecule has 23 heavy (non-hydrogen) atoms. The minimum atomic E-state index is -0.180. The number of hydrazine groups is 1. The number of hydrogen-bond acceptors (Lipinski definition) is 5. The van der Waals surface area contributed by atoms with Crippen LogP contribution in [0.25, 0.3) is 11.4 Å². The highest BCUT2D eigenvalue weighted by molar-refractivity contribution is 5.93. The highest BCUT2D eigenvalue weighted by Crippen LogP contribution is 2.14. The number of hydrogen-bond donors (Lipinski definition) is 1. The summed E-state index contributed by atoms with van der Waals surface area (Å²) in [4.78, 5) is 20.8. The van der Waals surface area contributed by atoms with Crippen molar-refractivity contribution >= 4 is 5.91 Å². The first kappa shape index (κ1) is 15.6. The van der Waals surface area contributed by atoms with Crippen LogP contribution in [0, 0.1) is 0 Å². The van der Waals surface area contributed by atoms with Crippen LogP contribution in [0.5, 0.6) is 0 Å². The molecule has 6 nitrogen and oxygen atoms in total. The fourth-order valence-electron chi connectivity index (χ4n) is 2.59. The van der Waals surface area contributed by atoms with E-state index >= 15 is 0 Å². The number of ether oxygens (including phenoxy) is 1. The number of benzene rings is 1. The molecule has 6 heteroatoms. The predicted octanol–water partition coefficient (Wildman–Crippen LogP) is 1.90. The number of piperidine rings is 1. The van der Waals surface area contributed by atoms with Gasteiger partial charge in [-0.25, -0.2) is 15.0 Å². The molecule has 1 N–H and O–H groups in total. The number of methoxy groups -OCH3 is 1.